The van der Waals surface area contributed by atoms with Gasteiger partial charge in [-0.1, -0.05) is 6.07 Å². The summed E-state index contributed by atoms with van der Waals surface area (Å²) in [6.45, 7) is 2.58. The van der Waals surface area contributed by atoms with Gasteiger partial charge in [-0.15, -0.1) is 0 Å². The van der Waals surface area contributed by atoms with Crippen molar-refractivity contribution in [3.8, 4) is 0 Å². The number of aliphatic hydroxyl groups is 1. The van der Waals surface area contributed by atoms with Crippen LogP contribution in [-0.4, -0.2) is 77.2 Å². The van der Waals surface area contributed by atoms with Crippen molar-refractivity contribution in [1.82, 2.24) is 20.0 Å². The maximum atomic E-state index is 13.9. The predicted octanol–water partition coefficient (Wildman–Crippen LogP) is 5.36. The number of rotatable bonds is 7. The Bertz CT molecular complexity index is 1270. The Morgan fingerprint density at radius 1 is 1.00 bits per heavy atom. The van der Waals surface area contributed by atoms with E-state index in [2.05, 4.69) is 5.32 Å². The Balaban J connectivity index is 1.50. The van der Waals surface area contributed by atoms with Gasteiger partial charge in [0.2, 0.25) is 0 Å². The van der Waals surface area contributed by atoms with Crippen molar-refractivity contribution < 1.29 is 45.4 Å². The molecule has 0 saturated carbocycles. The van der Waals surface area contributed by atoms with Crippen molar-refractivity contribution in [1.29, 1.82) is 0 Å². The molecule has 2 aliphatic rings. The highest BCUT2D eigenvalue weighted by molar-refractivity contribution is 5.77. The van der Waals surface area contributed by atoms with Crippen LogP contribution in [0.1, 0.15) is 46.7 Å². The van der Waals surface area contributed by atoms with Gasteiger partial charge >= 0.3 is 24.4 Å². The van der Waals surface area contributed by atoms with Gasteiger partial charge in [0.15, 0.2) is 0 Å². The fraction of sp³-hybridized carbons (Fsp3) is 0.500. The monoisotopic (exact) mass is 604 g/mol. The second-order valence-electron chi connectivity index (χ2n) is 10.5. The van der Waals surface area contributed by atoms with Crippen LogP contribution in [0, 0.1) is 12.7 Å². The van der Waals surface area contributed by atoms with E-state index in [4.69, 9.17) is 0 Å². The number of aryl methyl sites for hydroxylation is 1. The maximum absolute atomic E-state index is 13.9. The van der Waals surface area contributed by atoms with Gasteiger partial charge in [0.1, 0.15) is 5.82 Å². The van der Waals surface area contributed by atoms with E-state index >= 15 is 0 Å². The van der Waals surface area contributed by atoms with Crippen molar-refractivity contribution >= 4 is 12.1 Å². The summed E-state index contributed by atoms with van der Waals surface area (Å²) in [6.07, 6.45) is -9.48. The number of amides is 4. The number of benzene rings is 2. The van der Waals surface area contributed by atoms with Crippen molar-refractivity contribution in [2.75, 3.05) is 39.3 Å². The third-order valence-corrected chi connectivity index (χ3v) is 7.70. The normalized spacial score (nSPS) is 19.9. The van der Waals surface area contributed by atoms with E-state index in [-0.39, 0.29) is 56.4 Å². The first-order valence-corrected chi connectivity index (χ1v) is 13.4. The third-order valence-electron chi connectivity index (χ3n) is 7.70. The fourth-order valence-electron chi connectivity index (χ4n) is 5.63. The molecule has 0 aliphatic carbocycles. The number of nitrogens with zero attached hydrogens (tertiary/aromatic N) is 3. The number of hydrogen-bond donors (Lipinski definition) is 2. The highest BCUT2D eigenvalue weighted by Crippen LogP contribution is 2.38. The van der Waals surface area contributed by atoms with Crippen LogP contribution in [-0.2, 0) is 18.8 Å². The van der Waals surface area contributed by atoms with Crippen LogP contribution >= 0.6 is 0 Å². The molecule has 0 bridgehead atoms. The van der Waals surface area contributed by atoms with E-state index in [1.807, 2.05) is 0 Å². The number of piperidine rings is 1. The molecule has 2 aromatic carbocycles. The zero-order valence-corrected chi connectivity index (χ0v) is 22.7. The van der Waals surface area contributed by atoms with E-state index in [0.717, 1.165) is 0 Å². The van der Waals surface area contributed by atoms with Crippen LogP contribution in [0.4, 0.5) is 40.3 Å². The summed E-state index contributed by atoms with van der Waals surface area (Å²) in [6, 6.07) is 3.83. The molecule has 14 heteroatoms. The molecule has 2 atom stereocenters. The molecule has 2 N–H and O–H groups in total. The van der Waals surface area contributed by atoms with E-state index < -0.39 is 41.4 Å². The van der Waals surface area contributed by atoms with Crippen molar-refractivity contribution in [2.45, 2.75) is 50.6 Å². The molecule has 2 fully saturated rings. The smallest absolute Gasteiger partial charge is 0.395 e. The molecule has 2 saturated heterocycles. The summed E-state index contributed by atoms with van der Waals surface area (Å²) in [7, 11) is 0. The van der Waals surface area contributed by atoms with Crippen molar-refractivity contribution in [2.24, 2.45) is 0 Å². The van der Waals surface area contributed by atoms with Gasteiger partial charge in [0.05, 0.1) is 23.8 Å². The molecular formula is C28H31F7N4O3. The van der Waals surface area contributed by atoms with Crippen LogP contribution < -0.4 is 5.32 Å². The molecule has 0 unspecified atom stereocenters. The first kappa shape index (κ1) is 31.4. The molecule has 230 valence electrons. The SMILES string of the molecule is Cc1cc(F)ccc1[C@H]1C[C@@H](N2CCN(CCO)C2=O)CCN1C(=O)NCCc1cc(C(F)(F)F)cc(C(F)(F)F)c1. The quantitative estimate of drug-likeness (QED) is 0.418. The Morgan fingerprint density at radius 2 is 1.67 bits per heavy atom. The highest BCUT2D eigenvalue weighted by Gasteiger charge is 2.41. The summed E-state index contributed by atoms with van der Waals surface area (Å²) < 4.78 is 93.2. The maximum Gasteiger partial charge on any atom is 0.416 e. The lowest BCUT2D eigenvalue weighted by atomic mass is 9.89. The number of halogens is 7. The minimum Gasteiger partial charge on any atom is -0.395 e. The molecule has 0 aromatic heterocycles. The van der Waals surface area contributed by atoms with Gasteiger partial charge in [-0.05, 0) is 73.2 Å². The lowest BCUT2D eigenvalue weighted by Crippen LogP contribution is -2.52. The van der Waals surface area contributed by atoms with Crippen LogP contribution in [0.3, 0.4) is 0 Å². The lowest BCUT2D eigenvalue weighted by Gasteiger charge is -2.43. The zero-order chi connectivity index (χ0) is 30.8. The van der Waals surface area contributed by atoms with E-state index in [9.17, 15) is 45.4 Å². The lowest BCUT2D eigenvalue weighted by molar-refractivity contribution is -0.143. The van der Waals surface area contributed by atoms with Gasteiger partial charge in [0, 0.05) is 38.8 Å². The topological polar surface area (TPSA) is 76.1 Å². The number of likely N-dealkylation sites (tertiary alicyclic amines) is 1. The van der Waals surface area contributed by atoms with Crippen LogP contribution in [0.25, 0.3) is 0 Å². The Hall–Kier alpha value is -3.55. The molecule has 2 aromatic rings. The molecule has 2 aliphatic heterocycles. The molecule has 7 nitrogen and oxygen atoms in total. The van der Waals surface area contributed by atoms with Crippen molar-refractivity contribution in [3.63, 3.8) is 0 Å². The number of β-amino-alcohol motifs (C(OH)–C–C–N with tert-alkyl or cyclic N) is 1. The molecule has 42 heavy (non-hydrogen) atoms. The number of carbonyl (C=O) groups excluding carboxylic acids is 2. The second kappa shape index (κ2) is 12.4. The number of alkyl halides is 6. The number of aliphatic hydroxyl groups excluding tert-OH is 1. The summed E-state index contributed by atoms with van der Waals surface area (Å²) in [4.78, 5) is 30.9. The standard InChI is InChI=1S/C28H31F7N4O3/c1-17-12-21(29)2-3-23(17)24-16-22(38-9-8-37(10-11-40)26(38)42)5-7-39(24)25(41)36-6-4-18-13-19(27(30,31)32)15-20(14-18)28(33,34)35/h2-3,12-15,22,24,40H,4-11,16H2,1H3,(H,36,41)/t22-,24+/m0/s1. The predicted molar refractivity (Wildman–Crippen MR) is 138 cm³/mol. The fourth-order valence-corrected chi connectivity index (χ4v) is 5.63. The van der Waals surface area contributed by atoms with Gasteiger partial charge in [0.25, 0.3) is 0 Å². The van der Waals surface area contributed by atoms with Gasteiger partial charge in [-0.2, -0.15) is 26.3 Å². The summed E-state index contributed by atoms with van der Waals surface area (Å²) >= 11 is 0. The average molecular weight is 605 g/mol. The van der Waals surface area contributed by atoms with Crippen LogP contribution in [0.15, 0.2) is 36.4 Å². The van der Waals surface area contributed by atoms with Crippen molar-refractivity contribution in [3.05, 3.63) is 70.0 Å². The van der Waals surface area contributed by atoms with E-state index in [0.29, 0.717) is 49.2 Å². The number of hydrogen-bond acceptors (Lipinski definition) is 3. The molecule has 2 heterocycles. The van der Waals surface area contributed by atoms with Gasteiger partial charge in [-0.3, -0.25) is 0 Å². The average Bonchev–Trinajstić information content (AvgIpc) is 3.27. The van der Waals surface area contributed by atoms with Gasteiger partial charge < -0.3 is 25.1 Å². The first-order chi connectivity index (χ1) is 19.7. The van der Waals surface area contributed by atoms with E-state index in [1.54, 1.807) is 17.9 Å². The largest absolute Gasteiger partial charge is 0.416 e. The minimum atomic E-state index is -4.98. The summed E-state index contributed by atoms with van der Waals surface area (Å²) in [5.41, 5.74) is -1.86. The summed E-state index contributed by atoms with van der Waals surface area (Å²) in [5, 5.41) is 11.8. The molecule has 4 amide bonds. The van der Waals surface area contributed by atoms with Crippen LogP contribution in [0.2, 0.25) is 0 Å². The minimum absolute atomic E-state index is 0.0516. The Labute approximate surface area is 237 Å². The third kappa shape index (κ3) is 7.08. The highest BCUT2D eigenvalue weighted by atomic mass is 19.4. The molecule has 0 radical (unpaired) electrons. The number of nitrogens with one attached hydrogen (secondary N) is 1. The Kier molecular flexibility index (Phi) is 9.24. The number of urea groups is 2. The summed E-state index contributed by atoms with van der Waals surface area (Å²) in [5.74, 6) is -0.465. The van der Waals surface area contributed by atoms with E-state index in [1.165, 1.54) is 21.9 Å². The van der Waals surface area contributed by atoms with Gasteiger partial charge in [-0.25, -0.2) is 14.0 Å². The first-order valence-electron chi connectivity index (χ1n) is 13.4. The second-order valence-corrected chi connectivity index (χ2v) is 10.5. The molecular weight excluding hydrogens is 573 g/mol. The zero-order valence-electron chi connectivity index (χ0n) is 22.7. The Morgan fingerprint density at radius 3 is 2.26 bits per heavy atom. The number of carbonyl (C=O) groups is 2. The molecule has 0 spiro atoms. The van der Waals surface area contributed by atoms with Crippen LogP contribution in [0.5, 0.6) is 0 Å². The molecule has 4 rings (SSSR count).